The molecule has 0 spiro atoms. The summed E-state index contributed by atoms with van der Waals surface area (Å²) in [5.74, 6) is 0.234. The van der Waals surface area contributed by atoms with Crippen LogP contribution in [0.3, 0.4) is 0 Å². The van der Waals surface area contributed by atoms with E-state index < -0.39 is 0 Å². The first-order valence-electron chi connectivity index (χ1n) is 11.6. The first-order chi connectivity index (χ1) is 16.2. The Hall–Kier alpha value is -3.26. The van der Waals surface area contributed by atoms with Crippen molar-refractivity contribution in [3.63, 3.8) is 0 Å². The van der Waals surface area contributed by atoms with Gasteiger partial charge in [0.25, 0.3) is 5.91 Å². The third kappa shape index (κ3) is 4.75. The lowest BCUT2D eigenvalue weighted by atomic mass is 9.98. The van der Waals surface area contributed by atoms with Crippen LogP contribution < -0.4 is 4.90 Å². The number of anilines is 1. The van der Waals surface area contributed by atoms with E-state index in [1.165, 1.54) is 12.3 Å². The van der Waals surface area contributed by atoms with Crippen LogP contribution in [0.1, 0.15) is 47.4 Å². The molecule has 0 unspecified atom stereocenters. The highest BCUT2D eigenvalue weighted by Gasteiger charge is 2.31. The first-order valence-corrected chi connectivity index (χ1v) is 11.6. The molecule has 0 radical (unpaired) electrons. The number of carbonyl (C=O) groups is 1. The highest BCUT2D eigenvalue weighted by Crippen LogP contribution is 2.31. The third-order valence-electron chi connectivity index (χ3n) is 6.49. The van der Waals surface area contributed by atoms with Crippen molar-refractivity contribution in [3.8, 4) is 0 Å². The SMILES string of the molecule is O=C(c1coc(CN2CCN(c3ccccc3F)CC2)n1)N1CCCC[C@H]1c1ccccn1. The number of likely N-dealkylation sites (tertiary alicyclic amines) is 1. The number of para-hydroxylation sites is 1. The van der Waals surface area contributed by atoms with Gasteiger partial charge < -0.3 is 14.2 Å². The summed E-state index contributed by atoms with van der Waals surface area (Å²) < 4.78 is 19.7. The Balaban J connectivity index is 1.21. The fourth-order valence-electron chi connectivity index (χ4n) is 4.73. The molecule has 1 atom stereocenters. The Labute approximate surface area is 192 Å². The summed E-state index contributed by atoms with van der Waals surface area (Å²) in [5.41, 5.74) is 1.91. The lowest BCUT2D eigenvalue weighted by molar-refractivity contribution is 0.0600. The lowest BCUT2D eigenvalue weighted by Crippen LogP contribution is -2.46. The van der Waals surface area contributed by atoms with E-state index in [0.29, 0.717) is 30.4 Å². The molecule has 33 heavy (non-hydrogen) atoms. The van der Waals surface area contributed by atoms with E-state index in [-0.39, 0.29) is 17.8 Å². The molecule has 4 heterocycles. The standard InChI is InChI=1S/C25H28FN5O2/c26-19-7-1-2-9-22(19)30-15-13-29(14-16-30)17-24-28-21(18-33-24)25(32)31-12-6-4-10-23(31)20-8-3-5-11-27-20/h1-3,5,7-9,11,18,23H,4,6,10,12-17H2/t23-/m0/s1. The summed E-state index contributed by atoms with van der Waals surface area (Å²) in [5, 5.41) is 0. The summed E-state index contributed by atoms with van der Waals surface area (Å²) >= 11 is 0. The molecule has 0 aliphatic carbocycles. The number of amides is 1. The number of benzene rings is 1. The van der Waals surface area contributed by atoms with Crippen molar-refractivity contribution >= 4 is 11.6 Å². The Bertz CT molecular complexity index is 1080. The fourth-order valence-corrected chi connectivity index (χ4v) is 4.73. The van der Waals surface area contributed by atoms with Crippen LogP contribution in [0.5, 0.6) is 0 Å². The molecule has 1 aromatic carbocycles. The van der Waals surface area contributed by atoms with Gasteiger partial charge in [-0.25, -0.2) is 9.37 Å². The number of aromatic nitrogens is 2. The zero-order valence-corrected chi connectivity index (χ0v) is 18.6. The molecule has 0 saturated carbocycles. The minimum atomic E-state index is -0.191. The third-order valence-corrected chi connectivity index (χ3v) is 6.49. The number of oxazole rings is 1. The maximum absolute atomic E-state index is 14.1. The number of hydrogen-bond acceptors (Lipinski definition) is 6. The molecule has 7 nitrogen and oxygen atoms in total. The highest BCUT2D eigenvalue weighted by atomic mass is 19.1. The summed E-state index contributed by atoms with van der Waals surface area (Å²) in [7, 11) is 0. The monoisotopic (exact) mass is 449 g/mol. The first kappa shape index (κ1) is 21.6. The van der Waals surface area contributed by atoms with Gasteiger partial charge in [-0.3, -0.25) is 14.7 Å². The van der Waals surface area contributed by atoms with Crippen LogP contribution in [0.4, 0.5) is 10.1 Å². The Morgan fingerprint density at radius 3 is 2.64 bits per heavy atom. The summed E-state index contributed by atoms with van der Waals surface area (Å²) in [6.45, 7) is 4.23. The van der Waals surface area contributed by atoms with E-state index in [1.54, 1.807) is 12.3 Å². The fraction of sp³-hybridized carbons (Fsp3) is 0.400. The number of rotatable bonds is 5. The van der Waals surface area contributed by atoms with Crippen LogP contribution in [0, 0.1) is 5.82 Å². The average Bonchev–Trinajstić information content (AvgIpc) is 3.33. The number of piperidine rings is 1. The van der Waals surface area contributed by atoms with Crippen molar-refractivity contribution in [2.45, 2.75) is 31.8 Å². The molecule has 1 amide bonds. The predicted octanol–water partition coefficient (Wildman–Crippen LogP) is 3.90. The zero-order valence-electron chi connectivity index (χ0n) is 18.6. The van der Waals surface area contributed by atoms with Gasteiger partial charge in [0.1, 0.15) is 12.1 Å². The maximum atomic E-state index is 14.1. The highest BCUT2D eigenvalue weighted by molar-refractivity contribution is 5.92. The Morgan fingerprint density at radius 2 is 1.85 bits per heavy atom. The molecule has 3 aromatic rings. The van der Waals surface area contributed by atoms with Gasteiger partial charge >= 0.3 is 0 Å². The van der Waals surface area contributed by atoms with Crippen LogP contribution in [0.25, 0.3) is 0 Å². The topological polar surface area (TPSA) is 65.7 Å². The van der Waals surface area contributed by atoms with Gasteiger partial charge in [0, 0.05) is 38.9 Å². The molecule has 0 N–H and O–H groups in total. The Morgan fingerprint density at radius 1 is 1.03 bits per heavy atom. The van der Waals surface area contributed by atoms with Gasteiger partial charge in [0.05, 0.1) is 24.0 Å². The van der Waals surface area contributed by atoms with E-state index in [9.17, 15) is 9.18 Å². The number of pyridine rings is 1. The second-order valence-electron chi connectivity index (χ2n) is 8.61. The second-order valence-corrected chi connectivity index (χ2v) is 8.61. The van der Waals surface area contributed by atoms with E-state index >= 15 is 0 Å². The molecular weight excluding hydrogens is 421 g/mol. The molecular formula is C25H28FN5O2. The van der Waals surface area contributed by atoms with E-state index in [0.717, 1.165) is 51.1 Å². The van der Waals surface area contributed by atoms with Crippen molar-refractivity contribution in [2.24, 2.45) is 0 Å². The van der Waals surface area contributed by atoms with Crippen LogP contribution in [0.2, 0.25) is 0 Å². The predicted molar refractivity (Wildman–Crippen MR) is 122 cm³/mol. The molecule has 2 fully saturated rings. The van der Waals surface area contributed by atoms with Crippen LogP contribution in [0.15, 0.2) is 59.3 Å². The van der Waals surface area contributed by atoms with Crippen LogP contribution >= 0.6 is 0 Å². The normalized spacial score (nSPS) is 19.6. The molecule has 2 saturated heterocycles. The zero-order chi connectivity index (χ0) is 22.6. The number of piperazine rings is 1. The molecule has 2 aliphatic heterocycles. The van der Waals surface area contributed by atoms with Gasteiger partial charge in [0.15, 0.2) is 5.69 Å². The van der Waals surface area contributed by atoms with Crippen molar-refractivity contribution in [1.29, 1.82) is 0 Å². The van der Waals surface area contributed by atoms with Gasteiger partial charge in [-0.1, -0.05) is 18.2 Å². The van der Waals surface area contributed by atoms with Gasteiger partial charge in [-0.05, 0) is 43.5 Å². The summed E-state index contributed by atoms with van der Waals surface area (Å²) in [6.07, 6.45) is 6.20. The van der Waals surface area contributed by atoms with Crippen molar-refractivity contribution < 1.29 is 13.6 Å². The van der Waals surface area contributed by atoms with Crippen molar-refractivity contribution in [1.82, 2.24) is 19.8 Å². The number of halogens is 1. The minimum absolute atomic E-state index is 0.0286. The lowest BCUT2D eigenvalue weighted by Gasteiger charge is -2.35. The molecule has 2 aliphatic rings. The minimum Gasteiger partial charge on any atom is -0.447 e. The smallest absolute Gasteiger partial charge is 0.276 e. The molecule has 8 heteroatoms. The van der Waals surface area contributed by atoms with Crippen molar-refractivity contribution in [2.75, 3.05) is 37.6 Å². The summed E-state index contributed by atoms with van der Waals surface area (Å²) in [6, 6.07) is 12.7. The van der Waals surface area contributed by atoms with Crippen LogP contribution in [-0.2, 0) is 6.54 Å². The Kier molecular flexibility index (Phi) is 6.35. The average molecular weight is 450 g/mol. The molecule has 5 rings (SSSR count). The summed E-state index contributed by atoms with van der Waals surface area (Å²) in [4.78, 5) is 28.4. The van der Waals surface area contributed by atoms with E-state index in [1.807, 2.05) is 35.2 Å². The second kappa shape index (κ2) is 9.70. The number of hydrogen-bond donors (Lipinski definition) is 0. The van der Waals surface area contributed by atoms with Crippen LogP contribution in [-0.4, -0.2) is 58.4 Å². The molecule has 0 bridgehead atoms. The van der Waals surface area contributed by atoms with Gasteiger partial charge in [-0.2, -0.15) is 0 Å². The molecule has 2 aromatic heterocycles. The van der Waals surface area contributed by atoms with Gasteiger partial charge in [0.2, 0.25) is 5.89 Å². The molecule has 172 valence electrons. The van der Waals surface area contributed by atoms with Gasteiger partial charge in [-0.15, -0.1) is 0 Å². The largest absolute Gasteiger partial charge is 0.447 e. The van der Waals surface area contributed by atoms with E-state index in [2.05, 4.69) is 19.8 Å². The maximum Gasteiger partial charge on any atom is 0.276 e. The quantitative estimate of drug-likeness (QED) is 0.589. The number of nitrogens with zero attached hydrogens (tertiary/aromatic N) is 5. The van der Waals surface area contributed by atoms with Crippen molar-refractivity contribution in [3.05, 3.63) is 78.0 Å². The number of carbonyl (C=O) groups excluding carboxylic acids is 1. The van der Waals surface area contributed by atoms with E-state index in [4.69, 9.17) is 4.42 Å².